The Morgan fingerprint density at radius 2 is 1.80 bits per heavy atom. The highest BCUT2D eigenvalue weighted by atomic mass is 16.5. The molecular formula is C19H23N3O3. The summed E-state index contributed by atoms with van der Waals surface area (Å²) in [4.78, 5) is 20.6. The highest BCUT2D eigenvalue weighted by Crippen LogP contribution is 2.27. The maximum atomic E-state index is 12.4. The molecule has 1 aromatic carbocycles. The van der Waals surface area contributed by atoms with Crippen LogP contribution in [0.4, 0.5) is 5.69 Å². The molecule has 3 rings (SSSR count). The molecule has 2 heterocycles. The van der Waals surface area contributed by atoms with Crippen LogP contribution >= 0.6 is 0 Å². The van der Waals surface area contributed by atoms with Gasteiger partial charge in [0.2, 0.25) is 0 Å². The standard InChI is InChI=1S/C19H23N3O3/c1-15-3-4-17(18(13-15)24-2)25-14-19(23)22-11-9-21(10-12-22)16-5-7-20-8-6-16/h3-8,13H,9-12,14H2,1-2H3. The Hall–Kier alpha value is -2.76. The summed E-state index contributed by atoms with van der Waals surface area (Å²) >= 11 is 0. The predicted octanol–water partition coefficient (Wildman–Crippen LogP) is 2.13. The lowest BCUT2D eigenvalue weighted by Crippen LogP contribution is -2.50. The van der Waals surface area contributed by atoms with E-state index in [9.17, 15) is 4.79 Å². The zero-order valence-corrected chi connectivity index (χ0v) is 14.6. The molecule has 0 aliphatic carbocycles. The van der Waals surface area contributed by atoms with Crippen LogP contribution in [0.1, 0.15) is 5.56 Å². The molecule has 1 aromatic heterocycles. The zero-order chi connectivity index (χ0) is 17.6. The molecule has 1 saturated heterocycles. The van der Waals surface area contributed by atoms with Gasteiger partial charge in [0.15, 0.2) is 18.1 Å². The maximum Gasteiger partial charge on any atom is 0.260 e. The topological polar surface area (TPSA) is 54.9 Å². The molecule has 1 aliphatic rings. The summed E-state index contributed by atoms with van der Waals surface area (Å²) in [6.45, 7) is 5.01. The highest BCUT2D eigenvalue weighted by molar-refractivity contribution is 5.78. The SMILES string of the molecule is COc1cc(C)ccc1OCC(=O)N1CCN(c2ccncc2)CC1. The summed E-state index contributed by atoms with van der Waals surface area (Å²) in [5, 5.41) is 0. The fraction of sp³-hybridized carbons (Fsp3) is 0.368. The zero-order valence-electron chi connectivity index (χ0n) is 14.6. The molecule has 1 aliphatic heterocycles. The first-order chi connectivity index (χ1) is 12.2. The first-order valence-electron chi connectivity index (χ1n) is 8.37. The van der Waals surface area contributed by atoms with E-state index in [0.29, 0.717) is 24.6 Å². The second-order valence-electron chi connectivity index (χ2n) is 6.02. The number of methoxy groups -OCH3 is 1. The lowest BCUT2D eigenvalue weighted by molar-refractivity contribution is -0.133. The van der Waals surface area contributed by atoms with Crippen molar-refractivity contribution < 1.29 is 14.3 Å². The van der Waals surface area contributed by atoms with E-state index in [-0.39, 0.29) is 12.5 Å². The van der Waals surface area contributed by atoms with Crippen LogP contribution in [0.5, 0.6) is 11.5 Å². The van der Waals surface area contributed by atoms with Crippen molar-refractivity contribution in [1.82, 2.24) is 9.88 Å². The van der Waals surface area contributed by atoms with Crippen LogP contribution in [-0.2, 0) is 4.79 Å². The number of nitrogens with zero attached hydrogens (tertiary/aromatic N) is 3. The van der Waals surface area contributed by atoms with Crippen molar-refractivity contribution in [2.75, 3.05) is 44.8 Å². The van der Waals surface area contributed by atoms with Crippen LogP contribution in [0.2, 0.25) is 0 Å². The van der Waals surface area contributed by atoms with Crippen LogP contribution < -0.4 is 14.4 Å². The number of carbonyl (C=O) groups is 1. The number of anilines is 1. The normalized spacial score (nSPS) is 14.3. The molecule has 0 saturated carbocycles. The average molecular weight is 341 g/mol. The third-order valence-electron chi connectivity index (χ3n) is 4.33. The highest BCUT2D eigenvalue weighted by Gasteiger charge is 2.22. The van der Waals surface area contributed by atoms with E-state index in [1.165, 1.54) is 0 Å². The molecule has 6 nitrogen and oxygen atoms in total. The molecular weight excluding hydrogens is 318 g/mol. The Morgan fingerprint density at radius 1 is 1.08 bits per heavy atom. The van der Waals surface area contributed by atoms with E-state index in [2.05, 4.69) is 9.88 Å². The lowest BCUT2D eigenvalue weighted by Gasteiger charge is -2.36. The van der Waals surface area contributed by atoms with Gasteiger partial charge in [-0.3, -0.25) is 9.78 Å². The van der Waals surface area contributed by atoms with Crippen molar-refractivity contribution in [1.29, 1.82) is 0 Å². The van der Waals surface area contributed by atoms with Crippen LogP contribution in [0.25, 0.3) is 0 Å². The summed E-state index contributed by atoms with van der Waals surface area (Å²) in [6, 6.07) is 9.65. The second kappa shape index (κ2) is 7.88. The van der Waals surface area contributed by atoms with Crippen LogP contribution in [-0.4, -0.2) is 55.7 Å². The number of hydrogen-bond donors (Lipinski definition) is 0. The number of ether oxygens (including phenoxy) is 2. The Kier molecular flexibility index (Phi) is 5.38. The molecule has 2 aromatic rings. The van der Waals surface area contributed by atoms with Gasteiger partial charge < -0.3 is 19.3 Å². The number of rotatable bonds is 5. The van der Waals surface area contributed by atoms with Gasteiger partial charge in [-0.05, 0) is 36.8 Å². The molecule has 0 unspecified atom stereocenters. The van der Waals surface area contributed by atoms with Gasteiger partial charge in [-0.2, -0.15) is 0 Å². The Balaban J connectivity index is 1.52. The number of aryl methyl sites for hydroxylation is 1. The van der Waals surface area contributed by atoms with Crippen LogP contribution in [0.3, 0.4) is 0 Å². The molecule has 1 fully saturated rings. The van der Waals surface area contributed by atoms with E-state index in [1.807, 2.05) is 42.2 Å². The van der Waals surface area contributed by atoms with Gasteiger partial charge in [0.1, 0.15) is 0 Å². The van der Waals surface area contributed by atoms with E-state index in [0.717, 1.165) is 24.3 Å². The summed E-state index contributed by atoms with van der Waals surface area (Å²) in [7, 11) is 1.60. The van der Waals surface area contributed by atoms with Gasteiger partial charge in [0.25, 0.3) is 5.91 Å². The van der Waals surface area contributed by atoms with Gasteiger partial charge >= 0.3 is 0 Å². The van der Waals surface area contributed by atoms with Crippen molar-refractivity contribution in [2.45, 2.75) is 6.92 Å². The van der Waals surface area contributed by atoms with E-state index in [4.69, 9.17) is 9.47 Å². The quantitative estimate of drug-likeness (QED) is 0.834. The number of benzene rings is 1. The van der Waals surface area contributed by atoms with E-state index in [1.54, 1.807) is 19.5 Å². The van der Waals surface area contributed by atoms with Gasteiger partial charge in [-0.1, -0.05) is 6.07 Å². The molecule has 25 heavy (non-hydrogen) atoms. The largest absolute Gasteiger partial charge is 0.493 e. The molecule has 0 bridgehead atoms. The number of aromatic nitrogens is 1. The monoisotopic (exact) mass is 341 g/mol. The molecule has 0 atom stereocenters. The first-order valence-corrected chi connectivity index (χ1v) is 8.37. The van der Waals surface area contributed by atoms with Crippen molar-refractivity contribution in [3.63, 3.8) is 0 Å². The predicted molar refractivity (Wildman–Crippen MR) is 96.3 cm³/mol. The van der Waals surface area contributed by atoms with Gasteiger partial charge in [-0.15, -0.1) is 0 Å². The summed E-state index contributed by atoms with van der Waals surface area (Å²) < 4.78 is 11.0. The Morgan fingerprint density at radius 3 is 2.48 bits per heavy atom. The summed E-state index contributed by atoms with van der Waals surface area (Å²) in [6.07, 6.45) is 3.57. The van der Waals surface area contributed by atoms with Gasteiger partial charge in [0.05, 0.1) is 7.11 Å². The molecule has 6 heteroatoms. The van der Waals surface area contributed by atoms with Crippen LogP contribution in [0, 0.1) is 6.92 Å². The molecule has 132 valence electrons. The Labute approximate surface area is 148 Å². The minimum Gasteiger partial charge on any atom is -0.493 e. The van der Waals surface area contributed by atoms with Gasteiger partial charge in [0, 0.05) is 44.3 Å². The fourth-order valence-electron chi connectivity index (χ4n) is 2.89. The average Bonchev–Trinajstić information content (AvgIpc) is 2.67. The Bertz CT molecular complexity index is 713. The number of pyridine rings is 1. The minimum atomic E-state index is -0.00277. The second-order valence-corrected chi connectivity index (χ2v) is 6.02. The van der Waals surface area contributed by atoms with Crippen molar-refractivity contribution in [2.24, 2.45) is 0 Å². The smallest absolute Gasteiger partial charge is 0.260 e. The number of hydrogen-bond acceptors (Lipinski definition) is 5. The third kappa shape index (κ3) is 4.21. The number of amides is 1. The first kappa shape index (κ1) is 17.1. The van der Waals surface area contributed by atoms with Crippen molar-refractivity contribution in [3.05, 3.63) is 48.3 Å². The molecule has 0 N–H and O–H groups in total. The fourth-order valence-corrected chi connectivity index (χ4v) is 2.89. The summed E-state index contributed by atoms with van der Waals surface area (Å²) in [5.41, 5.74) is 2.23. The molecule has 0 radical (unpaired) electrons. The molecule has 1 amide bonds. The van der Waals surface area contributed by atoms with Crippen LogP contribution in [0.15, 0.2) is 42.7 Å². The minimum absolute atomic E-state index is 0.00277. The number of piperazine rings is 1. The lowest BCUT2D eigenvalue weighted by atomic mass is 10.2. The maximum absolute atomic E-state index is 12.4. The van der Waals surface area contributed by atoms with Crippen molar-refractivity contribution >= 4 is 11.6 Å². The third-order valence-corrected chi connectivity index (χ3v) is 4.33. The summed E-state index contributed by atoms with van der Waals surface area (Å²) in [5.74, 6) is 1.24. The molecule has 0 spiro atoms. The van der Waals surface area contributed by atoms with Crippen molar-refractivity contribution in [3.8, 4) is 11.5 Å². The van der Waals surface area contributed by atoms with E-state index >= 15 is 0 Å². The van der Waals surface area contributed by atoms with Gasteiger partial charge in [-0.25, -0.2) is 0 Å². The van der Waals surface area contributed by atoms with E-state index < -0.39 is 0 Å². The number of carbonyl (C=O) groups excluding carboxylic acids is 1.